The van der Waals surface area contributed by atoms with Gasteiger partial charge >= 0.3 is 12.1 Å². The van der Waals surface area contributed by atoms with Crippen molar-refractivity contribution < 1.29 is 42.0 Å². The molecule has 262 valence electrons. The molecule has 0 aliphatic carbocycles. The topological polar surface area (TPSA) is 198 Å². The number of carboxylic acids is 1. The normalized spacial score (nSPS) is 14.4. The summed E-state index contributed by atoms with van der Waals surface area (Å²) < 4.78 is 40.4. The first-order valence-corrected chi connectivity index (χ1v) is 19.2. The quantitative estimate of drug-likeness (QED) is 0.114. The van der Waals surface area contributed by atoms with Crippen LogP contribution in [0.15, 0.2) is 29.2 Å². The molecule has 1 aromatic rings. The number of para-hydroxylation sites is 1. The van der Waals surface area contributed by atoms with E-state index in [0.29, 0.717) is 6.42 Å². The number of likely N-dealkylation sites (N-methyl/N-ethyl adjacent to an activating group) is 1. The number of nitro groups is 1. The molecule has 0 aromatic heterocycles. The van der Waals surface area contributed by atoms with E-state index in [1.807, 2.05) is 27.3 Å². The van der Waals surface area contributed by atoms with Gasteiger partial charge in [-0.1, -0.05) is 39.8 Å². The number of rotatable bonds is 18. The SMILES string of the molecule is CCCN(CCC[C@H](CC(=O)NN(C)CC(=O)O)O[Si](C)(CNC(=O)OC(C)(C)C)C(C)(C)C)S(=O)(=O)c1ccccc1[N+](=O)[O-]. The summed E-state index contributed by atoms with van der Waals surface area (Å²) in [4.78, 5) is 47.0. The first-order valence-electron chi connectivity index (χ1n) is 15.1. The van der Waals surface area contributed by atoms with Gasteiger partial charge in [0, 0.05) is 32.4 Å². The molecule has 0 bridgehead atoms. The van der Waals surface area contributed by atoms with Gasteiger partial charge in [0.15, 0.2) is 4.90 Å². The largest absolute Gasteiger partial charge is 0.480 e. The van der Waals surface area contributed by atoms with E-state index >= 15 is 0 Å². The van der Waals surface area contributed by atoms with Gasteiger partial charge in [-0.2, -0.15) is 4.31 Å². The molecular formula is C29H51N5O10SSi. The molecule has 1 rings (SSSR count). The molecular weight excluding hydrogens is 638 g/mol. The van der Waals surface area contributed by atoms with Gasteiger partial charge in [-0.05, 0) is 57.7 Å². The van der Waals surface area contributed by atoms with E-state index in [0.717, 1.165) is 11.1 Å². The van der Waals surface area contributed by atoms with Crippen molar-refractivity contribution in [2.45, 2.75) is 102 Å². The van der Waals surface area contributed by atoms with E-state index in [1.165, 1.54) is 29.6 Å². The number of hydrogen-bond donors (Lipinski definition) is 3. The number of hydrogen-bond acceptors (Lipinski definition) is 10. The van der Waals surface area contributed by atoms with Crippen molar-refractivity contribution >= 4 is 42.0 Å². The second-order valence-electron chi connectivity index (χ2n) is 13.3. The summed E-state index contributed by atoms with van der Waals surface area (Å²) in [6.07, 6.45) is -0.407. The van der Waals surface area contributed by atoms with Crippen molar-refractivity contribution in [2.75, 3.05) is 32.8 Å². The molecule has 2 atom stereocenters. The van der Waals surface area contributed by atoms with E-state index in [2.05, 4.69) is 10.7 Å². The number of sulfonamides is 1. The third-order valence-electron chi connectivity index (χ3n) is 7.17. The van der Waals surface area contributed by atoms with E-state index in [1.54, 1.807) is 27.7 Å². The third-order valence-corrected chi connectivity index (χ3v) is 14.0. The lowest BCUT2D eigenvalue weighted by Gasteiger charge is -2.42. The Hall–Kier alpha value is -3.12. The number of benzene rings is 1. The van der Waals surface area contributed by atoms with Gasteiger partial charge < -0.3 is 19.6 Å². The molecule has 0 saturated heterocycles. The summed E-state index contributed by atoms with van der Waals surface area (Å²) in [5.41, 5.74) is 1.29. The maximum Gasteiger partial charge on any atom is 0.407 e. The van der Waals surface area contributed by atoms with Crippen LogP contribution in [0.3, 0.4) is 0 Å². The van der Waals surface area contributed by atoms with Crippen molar-refractivity contribution in [3.8, 4) is 0 Å². The fourth-order valence-electron chi connectivity index (χ4n) is 4.38. The minimum absolute atomic E-state index is 0.00651. The van der Waals surface area contributed by atoms with Crippen LogP contribution in [-0.2, 0) is 28.8 Å². The zero-order chi connectivity index (χ0) is 35.5. The zero-order valence-corrected chi connectivity index (χ0v) is 30.2. The summed E-state index contributed by atoms with van der Waals surface area (Å²) in [5, 5.41) is 24.1. The van der Waals surface area contributed by atoms with E-state index in [9.17, 15) is 32.9 Å². The Kier molecular flexibility index (Phi) is 15.2. The fraction of sp³-hybridized carbons (Fsp3) is 0.690. The third kappa shape index (κ3) is 13.3. The number of nitro benzene ring substituents is 1. The van der Waals surface area contributed by atoms with Crippen molar-refractivity contribution in [1.82, 2.24) is 20.1 Å². The lowest BCUT2D eigenvalue weighted by atomic mass is 10.1. The number of alkyl carbamates (subject to hydrolysis) is 1. The molecule has 0 heterocycles. The maximum atomic E-state index is 13.5. The second-order valence-corrected chi connectivity index (χ2v) is 19.8. The average molecular weight is 690 g/mol. The minimum Gasteiger partial charge on any atom is -0.480 e. The van der Waals surface area contributed by atoms with Gasteiger partial charge in [-0.25, -0.2) is 18.2 Å². The highest BCUT2D eigenvalue weighted by atomic mass is 32.2. The number of nitrogens with one attached hydrogen (secondary N) is 2. The van der Waals surface area contributed by atoms with E-state index in [4.69, 9.17) is 14.3 Å². The van der Waals surface area contributed by atoms with Gasteiger partial charge in [0.2, 0.25) is 24.2 Å². The second kappa shape index (κ2) is 17.1. The Balaban J connectivity index is 3.29. The number of aliphatic carboxylic acids is 1. The Labute approximate surface area is 273 Å². The Morgan fingerprint density at radius 1 is 1.11 bits per heavy atom. The molecule has 0 aliphatic rings. The van der Waals surface area contributed by atoms with Crippen molar-refractivity contribution in [1.29, 1.82) is 0 Å². The number of amides is 2. The molecule has 0 fully saturated rings. The summed E-state index contributed by atoms with van der Waals surface area (Å²) in [5.74, 6) is -1.63. The minimum atomic E-state index is -4.22. The first kappa shape index (κ1) is 40.9. The molecule has 2 amide bonds. The predicted octanol–water partition coefficient (Wildman–Crippen LogP) is 4.04. The average Bonchev–Trinajstić information content (AvgIpc) is 2.89. The maximum absolute atomic E-state index is 13.5. The monoisotopic (exact) mass is 689 g/mol. The van der Waals surface area contributed by atoms with Gasteiger partial charge in [0.05, 0.1) is 17.4 Å². The number of nitrogens with zero attached hydrogens (tertiary/aromatic N) is 3. The standard InChI is InChI=1S/C29H51N5O10SSi/c1-10-17-33(45(41,42)24-16-12-11-15-23(24)34(39)40)18-13-14-22(19-25(35)31-32(8)20-26(36)37)44-46(9,29(5,6)7)21-30-27(38)43-28(2,3)4/h11-12,15-16,22H,10,13-14,17-21H2,1-9H3,(H,30,38)(H,31,35)(H,36,37)/t22-,46?/m1/s1. The van der Waals surface area contributed by atoms with Gasteiger partial charge in [-0.15, -0.1) is 0 Å². The van der Waals surface area contributed by atoms with E-state index in [-0.39, 0.29) is 38.5 Å². The number of ether oxygens (including phenoxy) is 1. The summed E-state index contributed by atoms with van der Waals surface area (Å²) in [7, 11) is -5.70. The molecule has 46 heavy (non-hydrogen) atoms. The smallest absolute Gasteiger partial charge is 0.407 e. The number of carbonyl (C=O) groups is 3. The number of carboxylic acid groups (broad SMARTS) is 1. The van der Waals surface area contributed by atoms with Crippen LogP contribution in [0.1, 0.15) is 74.1 Å². The molecule has 3 N–H and O–H groups in total. The van der Waals surface area contributed by atoms with E-state index < -0.39 is 75.1 Å². The van der Waals surface area contributed by atoms with Crippen molar-refractivity contribution in [3.05, 3.63) is 34.4 Å². The zero-order valence-electron chi connectivity index (χ0n) is 28.4. The number of hydrazine groups is 1. The highest BCUT2D eigenvalue weighted by Crippen LogP contribution is 2.38. The van der Waals surface area contributed by atoms with Crippen LogP contribution in [-0.4, -0.2) is 98.6 Å². The highest BCUT2D eigenvalue weighted by Gasteiger charge is 2.45. The Morgan fingerprint density at radius 2 is 1.72 bits per heavy atom. The molecule has 0 radical (unpaired) electrons. The van der Waals surface area contributed by atoms with Crippen LogP contribution in [0.5, 0.6) is 0 Å². The first-order chi connectivity index (χ1) is 21.0. The van der Waals surface area contributed by atoms with Crippen molar-refractivity contribution in [3.63, 3.8) is 0 Å². The fourth-order valence-corrected chi connectivity index (χ4v) is 8.49. The molecule has 1 unspecified atom stereocenters. The van der Waals surface area contributed by atoms with Crippen LogP contribution in [0.4, 0.5) is 10.5 Å². The lowest BCUT2D eigenvalue weighted by molar-refractivity contribution is -0.387. The number of carbonyl (C=O) groups excluding carboxylic acids is 2. The molecule has 0 spiro atoms. The van der Waals surface area contributed by atoms with Crippen LogP contribution < -0.4 is 10.7 Å². The molecule has 1 aromatic carbocycles. The molecule has 0 aliphatic heterocycles. The summed E-state index contributed by atoms with van der Waals surface area (Å²) >= 11 is 0. The summed E-state index contributed by atoms with van der Waals surface area (Å²) in [6, 6.07) is 5.18. The molecule has 17 heteroatoms. The van der Waals surface area contributed by atoms with Gasteiger partial charge in [0.25, 0.3) is 5.69 Å². The van der Waals surface area contributed by atoms with Crippen molar-refractivity contribution in [2.24, 2.45) is 0 Å². The van der Waals surface area contributed by atoms with Crippen LogP contribution in [0.25, 0.3) is 0 Å². The van der Waals surface area contributed by atoms with Gasteiger partial charge in [0.1, 0.15) is 12.1 Å². The van der Waals surface area contributed by atoms with Gasteiger partial charge in [-0.3, -0.25) is 25.1 Å². The van der Waals surface area contributed by atoms with Crippen LogP contribution in [0.2, 0.25) is 11.6 Å². The Morgan fingerprint density at radius 3 is 2.24 bits per heavy atom. The lowest BCUT2D eigenvalue weighted by Crippen LogP contribution is -2.56. The van der Waals surface area contributed by atoms with Crippen LogP contribution >= 0.6 is 0 Å². The summed E-state index contributed by atoms with van der Waals surface area (Å²) in [6.45, 7) is 14.6. The highest BCUT2D eigenvalue weighted by molar-refractivity contribution is 7.89. The predicted molar refractivity (Wildman–Crippen MR) is 175 cm³/mol. The molecule has 15 nitrogen and oxygen atoms in total. The molecule has 0 saturated carbocycles. The van der Waals surface area contributed by atoms with Crippen LogP contribution in [0, 0.1) is 10.1 Å². The Bertz CT molecular complexity index is 1320.